The summed E-state index contributed by atoms with van der Waals surface area (Å²) in [5, 5.41) is 2.92. The van der Waals surface area contributed by atoms with E-state index in [-0.39, 0.29) is 5.91 Å². The van der Waals surface area contributed by atoms with Gasteiger partial charge >= 0.3 is 0 Å². The number of rotatable bonds is 6. The summed E-state index contributed by atoms with van der Waals surface area (Å²) in [6.45, 7) is 2.79. The number of nitrogens with two attached hydrogens (primary N) is 1. The van der Waals surface area contributed by atoms with Crippen LogP contribution in [0.3, 0.4) is 0 Å². The van der Waals surface area contributed by atoms with Gasteiger partial charge in [0.15, 0.2) is 0 Å². The van der Waals surface area contributed by atoms with E-state index in [0.717, 1.165) is 44.6 Å². The second-order valence-corrected chi connectivity index (χ2v) is 5.27. The van der Waals surface area contributed by atoms with Crippen LogP contribution in [0, 0.1) is 0 Å². The van der Waals surface area contributed by atoms with Gasteiger partial charge in [-0.15, -0.1) is 0 Å². The van der Waals surface area contributed by atoms with Crippen LogP contribution in [-0.2, 0) is 17.8 Å². The molecule has 1 aliphatic rings. The minimum Gasteiger partial charge on any atom is -0.330 e. The Balaban J connectivity index is 1.92. The van der Waals surface area contributed by atoms with E-state index in [1.807, 2.05) is 6.07 Å². The number of hydrogen-bond donors (Lipinski definition) is 2. The van der Waals surface area contributed by atoms with Gasteiger partial charge in [-0.1, -0.05) is 12.1 Å². The Morgan fingerprint density at radius 1 is 1.32 bits per heavy atom. The van der Waals surface area contributed by atoms with Gasteiger partial charge in [0.25, 0.3) is 0 Å². The highest BCUT2D eigenvalue weighted by Crippen LogP contribution is 2.23. The van der Waals surface area contributed by atoms with Crippen molar-refractivity contribution in [1.82, 2.24) is 4.90 Å². The number of carbonyl (C=O) groups excluding carboxylic acids is 1. The summed E-state index contributed by atoms with van der Waals surface area (Å²) in [6, 6.07) is 6.34. The zero-order chi connectivity index (χ0) is 13.7. The molecule has 0 radical (unpaired) electrons. The van der Waals surface area contributed by atoms with Crippen molar-refractivity contribution in [1.29, 1.82) is 0 Å². The number of aryl methyl sites for hydroxylation is 1. The first-order chi connectivity index (χ1) is 9.19. The second kappa shape index (κ2) is 6.68. The largest absolute Gasteiger partial charge is 0.330 e. The number of unbranched alkanes of at least 4 members (excludes halogenated alkanes) is 1. The zero-order valence-electron chi connectivity index (χ0n) is 11.6. The lowest BCUT2D eigenvalue weighted by atomic mass is 10.0. The Labute approximate surface area is 115 Å². The Morgan fingerprint density at radius 2 is 2.16 bits per heavy atom. The fraction of sp³-hybridized carbons (Fsp3) is 0.533. The van der Waals surface area contributed by atoms with Gasteiger partial charge < -0.3 is 16.0 Å². The number of anilines is 1. The van der Waals surface area contributed by atoms with E-state index < -0.39 is 0 Å². The first-order valence-electron chi connectivity index (χ1n) is 6.99. The Morgan fingerprint density at radius 3 is 2.95 bits per heavy atom. The molecule has 4 nitrogen and oxygen atoms in total. The van der Waals surface area contributed by atoms with Gasteiger partial charge in [0, 0.05) is 18.7 Å². The highest BCUT2D eigenvalue weighted by atomic mass is 16.1. The molecule has 1 amide bonds. The molecule has 4 heteroatoms. The molecule has 3 N–H and O–H groups in total. The van der Waals surface area contributed by atoms with Gasteiger partial charge in [-0.3, -0.25) is 4.79 Å². The van der Waals surface area contributed by atoms with Gasteiger partial charge in [0.1, 0.15) is 0 Å². The van der Waals surface area contributed by atoms with Gasteiger partial charge in [-0.25, -0.2) is 0 Å². The van der Waals surface area contributed by atoms with E-state index in [1.165, 1.54) is 11.1 Å². The van der Waals surface area contributed by atoms with Crippen LogP contribution in [0.15, 0.2) is 18.2 Å². The average Bonchev–Trinajstić information content (AvgIpc) is 2.39. The van der Waals surface area contributed by atoms with Crippen LogP contribution in [0.25, 0.3) is 0 Å². The van der Waals surface area contributed by atoms with Crippen LogP contribution in [0.2, 0.25) is 0 Å². The quantitative estimate of drug-likeness (QED) is 0.767. The SMILES string of the molecule is CN(CCCCN)Cc1ccc2c(c1)CCC(=O)N2. The van der Waals surface area contributed by atoms with Crippen molar-refractivity contribution in [3.8, 4) is 0 Å². The zero-order valence-corrected chi connectivity index (χ0v) is 11.6. The van der Waals surface area contributed by atoms with E-state index in [1.54, 1.807) is 0 Å². The third-order valence-electron chi connectivity index (χ3n) is 3.51. The summed E-state index contributed by atoms with van der Waals surface area (Å²) in [4.78, 5) is 13.6. The predicted octanol–water partition coefficient (Wildman–Crippen LogP) is 1.74. The molecule has 1 heterocycles. The van der Waals surface area contributed by atoms with Crippen LogP contribution in [0.5, 0.6) is 0 Å². The van der Waals surface area contributed by atoms with Crippen LogP contribution in [-0.4, -0.2) is 30.9 Å². The number of benzene rings is 1. The highest BCUT2D eigenvalue weighted by molar-refractivity contribution is 5.93. The Hall–Kier alpha value is -1.39. The third-order valence-corrected chi connectivity index (χ3v) is 3.51. The fourth-order valence-electron chi connectivity index (χ4n) is 2.45. The molecule has 0 aliphatic carbocycles. The topological polar surface area (TPSA) is 58.4 Å². The number of hydrogen-bond acceptors (Lipinski definition) is 3. The molecule has 0 spiro atoms. The molecule has 0 saturated carbocycles. The first kappa shape index (κ1) is 14.0. The normalized spacial score (nSPS) is 14.4. The molecule has 2 rings (SSSR count). The maximum absolute atomic E-state index is 11.3. The molecule has 19 heavy (non-hydrogen) atoms. The molecule has 0 aromatic heterocycles. The standard InChI is InChI=1S/C15H23N3O/c1-18(9-3-2-8-16)11-12-4-6-14-13(10-12)5-7-15(19)17-14/h4,6,10H,2-3,5,7-9,11,16H2,1H3,(H,17,19). The molecule has 1 aromatic rings. The van der Waals surface area contributed by atoms with Gasteiger partial charge in [-0.2, -0.15) is 0 Å². The number of nitrogens with one attached hydrogen (secondary N) is 1. The fourth-order valence-corrected chi connectivity index (χ4v) is 2.45. The Bertz CT molecular complexity index is 445. The molecule has 0 atom stereocenters. The molecule has 104 valence electrons. The number of nitrogens with zero attached hydrogens (tertiary/aromatic N) is 1. The van der Waals surface area contributed by atoms with E-state index in [9.17, 15) is 4.79 Å². The summed E-state index contributed by atoms with van der Waals surface area (Å²) in [7, 11) is 2.14. The van der Waals surface area contributed by atoms with E-state index >= 15 is 0 Å². The maximum atomic E-state index is 11.3. The third kappa shape index (κ3) is 4.04. The molecule has 0 fully saturated rings. The second-order valence-electron chi connectivity index (χ2n) is 5.27. The van der Waals surface area contributed by atoms with Crippen LogP contribution >= 0.6 is 0 Å². The van der Waals surface area contributed by atoms with Crippen LogP contribution in [0.1, 0.15) is 30.4 Å². The summed E-state index contributed by atoms with van der Waals surface area (Å²) < 4.78 is 0. The number of carbonyl (C=O) groups is 1. The van der Waals surface area contributed by atoms with Gasteiger partial charge in [-0.05, 0) is 56.6 Å². The monoisotopic (exact) mass is 261 g/mol. The predicted molar refractivity (Wildman–Crippen MR) is 78.0 cm³/mol. The maximum Gasteiger partial charge on any atom is 0.224 e. The summed E-state index contributed by atoms with van der Waals surface area (Å²) in [5.41, 5.74) is 9.05. The summed E-state index contributed by atoms with van der Waals surface area (Å²) in [5.74, 6) is 0.124. The van der Waals surface area contributed by atoms with Crippen molar-refractivity contribution in [2.75, 3.05) is 25.5 Å². The van der Waals surface area contributed by atoms with Crippen molar-refractivity contribution in [3.63, 3.8) is 0 Å². The molecule has 0 bridgehead atoms. The van der Waals surface area contributed by atoms with Crippen molar-refractivity contribution in [2.45, 2.75) is 32.2 Å². The molecule has 0 saturated heterocycles. The van der Waals surface area contributed by atoms with E-state index in [2.05, 4.69) is 29.4 Å². The molecular formula is C15H23N3O. The van der Waals surface area contributed by atoms with Crippen molar-refractivity contribution in [2.24, 2.45) is 5.73 Å². The number of fused-ring (bicyclic) bond motifs is 1. The summed E-state index contributed by atoms with van der Waals surface area (Å²) >= 11 is 0. The van der Waals surface area contributed by atoms with E-state index in [0.29, 0.717) is 6.42 Å². The number of amides is 1. The summed E-state index contributed by atoms with van der Waals surface area (Å²) in [6.07, 6.45) is 3.68. The van der Waals surface area contributed by atoms with Crippen molar-refractivity contribution < 1.29 is 4.79 Å². The highest BCUT2D eigenvalue weighted by Gasteiger charge is 2.14. The first-order valence-corrected chi connectivity index (χ1v) is 6.99. The lowest BCUT2D eigenvalue weighted by Crippen LogP contribution is -2.21. The minimum absolute atomic E-state index is 0.124. The van der Waals surface area contributed by atoms with Crippen LogP contribution in [0.4, 0.5) is 5.69 Å². The van der Waals surface area contributed by atoms with Crippen molar-refractivity contribution in [3.05, 3.63) is 29.3 Å². The lowest BCUT2D eigenvalue weighted by molar-refractivity contribution is -0.116. The average molecular weight is 261 g/mol. The molecule has 1 aromatic carbocycles. The Kier molecular flexibility index (Phi) is 4.93. The van der Waals surface area contributed by atoms with E-state index in [4.69, 9.17) is 5.73 Å². The van der Waals surface area contributed by atoms with Crippen LogP contribution < -0.4 is 11.1 Å². The van der Waals surface area contributed by atoms with Gasteiger partial charge in [0.05, 0.1) is 0 Å². The molecule has 1 aliphatic heterocycles. The molecule has 0 unspecified atom stereocenters. The van der Waals surface area contributed by atoms with Gasteiger partial charge in [0.2, 0.25) is 5.91 Å². The smallest absolute Gasteiger partial charge is 0.224 e. The minimum atomic E-state index is 0.124. The lowest BCUT2D eigenvalue weighted by Gasteiger charge is -2.20. The van der Waals surface area contributed by atoms with Crippen molar-refractivity contribution >= 4 is 11.6 Å². The molecular weight excluding hydrogens is 238 g/mol.